The zero-order chi connectivity index (χ0) is 32.0. The van der Waals surface area contributed by atoms with Crippen LogP contribution in [0.4, 0.5) is 5.69 Å². The molecule has 0 bridgehead atoms. The molecule has 48 heavy (non-hydrogen) atoms. The second-order valence-corrected chi connectivity index (χ2v) is 14.2. The molecule has 1 saturated heterocycles. The van der Waals surface area contributed by atoms with Crippen molar-refractivity contribution in [1.82, 2.24) is 9.88 Å². The Balaban J connectivity index is 1.20. The minimum Gasteiger partial charge on any atom is -0.332 e. The van der Waals surface area contributed by atoms with E-state index in [1.54, 1.807) is 0 Å². The Kier molecular flexibility index (Phi) is 5.95. The fourth-order valence-electron chi connectivity index (χ4n) is 9.19. The van der Waals surface area contributed by atoms with Crippen LogP contribution in [0, 0.1) is 5.92 Å². The summed E-state index contributed by atoms with van der Waals surface area (Å²) in [5.74, 6) is 0.788. The maximum atomic E-state index is 3.84. The van der Waals surface area contributed by atoms with Gasteiger partial charge >= 0.3 is 0 Å². The summed E-state index contributed by atoms with van der Waals surface area (Å²) in [6.07, 6.45) is 9.59. The molecular weight excluding hydrogens is 583 g/mol. The topological polar surface area (TPSA) is 20.2 Å². The van der Waals surface area contributed by atoms with Crippen LogP contribution in [0.2, 0.25) is 0 Å². The Morgan fingerprint density at radius 3 is 1.81 bits per heavy atom. The van der Waals surface area contributed by atoms with Gasteiger partial charge in [-0.3, -0.25) is 5.32 Å². The molecule has 1 aliphatic heterocycles. The predicted octanol–water partition coefficient (Wildman–Crippen LogP) is 10.9. The van der Waals surface area contributed by atoms with Crippen LogP contribution in [0.25, 0.3) is 38.3 Å². The number of fused-ring (bicyclic) bond motifs is 10. The van der Waals surface area contributed by atoms with E-state index in [9.17, 15) is 0 Å². The van der Waals surface area contributed by atoms with Crippen LogP contribution >= 0.6 is 0 Å². The van der Waals surface area contributed by atoms with E-state index < -0.39 is 0 Å². The fraction of sp³-hybridized carbons (Fsp3) is 0.156. The van der Waals surface area contributed by atoms with E-state index in [4.69, 9.17) is 0 Å². The van der Waals surface area contributed by atoms with Gasteiger partial charge in [0.05, 0.1) is 11.0 Å². The highest BCUT2D eigenvalue weighted by Crippen LogP contribution is 2.58. The van der Waals surface area contributed by atoms with Gasteiger partial charge in [0.2, 0.25) is 0 Å². The molecule has 7 aromatic rings. The first-order chi connectivity index (χ1) is 23.6. The minimum atomic E-state index is -0.0370. The van der Waals surface area contributed by atoms with Gasteiger partial charge < -0.3 is 9.47 Å². The third-order valence-electron chi connectivity index (χ3n) is 11.3. The van der Waals surface area contributed by atoms with E-state index in [0.29, 0.717) is 11.8 Å². The van der Waals surface area contributed by atoms with Gasteiger partial charge in [-0.1, -0.05) is 141 Å². The highest BCUT2D eigenvalue weighted by atomic mass is 15.5. The van der Waals surface area contributed by atoms with Crippen LogP contribution < -0.4 is 10.2 Å². The first-order valence-corrected chi connectivity index (χ1v) is 17.2. The third kappa shape index (κ3) is 3.80. The molecular formula is C45H37N3. The first kappa shape index (κ1) is 27.7. The number of aromatic nitrogens is 1. The van der Waals surface area contributed by atoms with E-state index in [1.165, 1.54) is 66.2 Å². The zero-order valence-corrected chi connectivity index (χ0v) is 27.2. The molecule has 0 radical (unpaired) electrons. The second kappa shape index (κ2) is 10.3. The minimum absolute atomic E-state index is 0.0370. The van der Waals surface area contributed by atoms with Gasteiger partial charge in [-0.2, -0.15) is 0 Å². The lowest BCUT2D eigenvalue weighted by Crippen LogP contribution is -2.57. The smallest absolute Gasteiger partial charge is 0.109 e. The number of hydrogen-bond acceptors (Lipinski definition) is 2. The van der Waals surface area contributed by atoms with E-state index in [0.717, 1.165) is 0 Å². The van der Waals surface area contributed by atoms with E-state index in [1.807, 2.05) is 0 Å². The monoisotopic (exact) mass is 619 g/mol. The fourth-order valence-corrected chi connectivity index (χ4v) is 9.19. The van der Waals surface area contributed by atoms with Crippen LogP contribution in [-0.4, -0.2) is 4.57 Å². The SMILES string of the molecule is CC1(C)c2c(c3ccccc3c3c4ccccc4n(-c4ccc(N5C(c6ccccc6)NC5c5ccccc5)cc4)c23)C2C=CC=CC21. The maximum absolute atomic E-state index is 3.84. The quantitative estimate of drug-likeness (QED) is 0.212. The number of nitrogens with zero attached hydrogens (tertiary/aromatic N) is 2. The number of nitrogens with one attached hydrogen (secondary N) is 1. The summed E-state index contributed by atoms with van der Waals surface area (Å²) in [7, 11) is 0. The van der Waals surface area contributed by atoms with Gasteiger partial charge in [0, 0.05) is 28.1 Å². The molecule has 4 atom stereocenters. The third-order valence-corrected chi connectivity index (χ3v) is 11.3. The lowest BCUT2D eigenvalue weighted by molar-refractivity contribution is 0.276. The molecule has 1 aromatic heterocycles. The van der Waals surface area contributed by atoms with Gasteiger partial charge in [-0.05, 0) is 74.7 Å². The summed E-state index contributed by atoms with van der Waals surface area (Å²) in [4.78, 5) is 2.51. The van der Waals surface area contributed by atoms with Gasteiger partial charge in [-0.25, -0.2) is 0 Å². The first-order valence-electron chi connectivity index (χ1n) is 17.2. The molecule has 2 heterocycles. The molecule has 4 unspecified atom stereocenters. The molecule has 0 amide bonds. The molecule has 2 aliphatic carbocycles. The molecule has 10 rings (SSSR count). The summed E-state index contributed by atoms with van der Waals surface area (Å²) in [5, 5.41) is 9.26. The van der Waals surface area contributed by atoms with Gasteiger partial charge in [0.15, 0.2) is 0 Å². The van der Waals surface area contributed by atoms with Crippen LogP contribution in [-0.2, 0) is 5.41 Å². The molecule has 1 fully saturated rings. The van der Waals surface area contributed by atoms with Crippen molar-refractivity contribution in [3.05, 3.63) is 180 Å². The molecule has 6 aromatic carbocycles. The van der Waals surface area contributed by atoms with Crippen molar-refractivity contribution >= 4 is 38.3 Å². The number of allylic oxidation sites excluding steroid dienone is 4. The van der Waals surface area contributed by atoms with E-state index >= 15 is 0 Å². The lowest BCUT2D eigenvalue weighted by Gasteiger charge is -2.51. The Morgan fingerprint density at radius 2 is 1.12 bits per heavy atom. The van der Waals surface area contributed by atoms with Crippen molar-refractivity contribution in [2.24, 2.45) is 5.92 Å². The van der Waals surface area contributed by atoms with Gasteiger partial charge in [-0.15, -0.1) is 0 Å². The molecule has 0 saturated carbocycles. The number of rotatable bonds is 4. The lowest BCUT2D eigenvalue weighted by atomic mass is 9.74. The summed E-state index contributed by atoms with van der Waals surface area (Å²) >= 11 is 0. The summed E-state index contributed by atoms with van der Waals surface area (Å²) in [5.41, 5.74) is 10.5. The molecule has 3 nitrogen and oxygen atoms in total. The highest BCUT2D eigenvalue weighted by Gasteiger charge is 2.47. The van der Waals surface area contributed by atoms with E-state index in [-0.39, 0.29) is 17.7 Å². The Morgan fingerprint density at radius 1 is 0.562 bits per heavy atom. The van der Waals surface area contributed by atoms with Crippen LogP contribution in [0.1, 0.15) is 54.4 Å². The summed E-state index contributed by atoms with van der Waals surface area (Å²) in [6.45, 7) is 4.92. The normalized spacial score (nSPS) is 22.2. The van der Waals surface area contributed by atoms with Crippen molar-refractivity contribution in [3.63, 3.8) is 0 Å². The summed E-state index contributed by atoms with van der Waals surface area (Å²) < 4.78 is 2.56. The average molecular weight is 620 g/mol. The maximum Gasteiger partial charge on any atom is 0.109 e. The van der Waals surface area contributed by atoms with Crippen molar-refractivity contribution in [2.45, 2.75) is 37.5 Å². The predicted molar refractivity (Wildman–Crippen MR) is 200 cm³/mol. The van der Waals surface area contributed by atoms with Crippen LogP contribution in [0.3, 0.4) is 0 Å². The van der Waals surface area contributed by atoms with Crippen molar-refractivity contribution in [1.29, 1.82) is 0 Å². The van der Waals surface area contributed by atoms with Gasteiger partial charge in [0.25, 0.3) is 0 Å². The second-order valence-electron chi connectivity index (χ2n) is 14.2. The Labute approximate surface area is 281 Å². The number of para-hydroxylation sites is 1. The molecule has 0 spiro atoms. The Bertz CT molecular complexity index is 2370. The van der Waals surface area contributed by atoms with Gasteiger partial charge in [0.1, 0.15) is 12.3 Å². The summed E-state index contributed by atoms with van der Waals surface area (Å²) in [6, 6.07) is 49.0. The van der Waals surface area contributed by atoms with Crippen LogP contribution in [0.15, 0.2) is 158 Å². The zero-order valence-electron chi connectivity index (χ0n) is 27.2. The number of anilines is 1. The Hall–Kier alpha value is -5.38. The molecule has 3 heteroatoms. The highest BCUT2D eigenvalue weighted by molar-refractivity contribution is 6.23. The molecule has 1 N–H and O–H groups in total. The average Bonchev–Trinajstić information content (AvgIpc) is 3.59. The molecule has 232 valence electrons. The largest absolute Gasteiger partial charge is 0.332 e. The van der Waals surface area contributed by atoms with Crippen molar-refractivity contribution in [3.8, 4) is 5.69 Å². The van der Waals surface area contributed by atoms with E-state index in [2.05, 4.69) is 186 Å². The molecule has 3 aliphatic rings. The number of benzene rings is 6. The van der Waals surface area contributed by atoms with Crippen LogP contribution in [0.5, 0.6) is 0 Å². The van der Waals surface area contributed by atoms with Crippen molar-refractivity contribution in [2.75, 3.05) is 4.90 Å². The standard InChI is InChI=1S/C45H37N3/c1-45(2)37-23-13-11-21-35(37)39-33-19-9-10-20-34(33)40-36-22-12-14-24-38(36)47(42(40)41(39)45)31-25-27-32(28-26-31)48-43(29-15-5-3-6-16-29)46-44(48)30-17-7-4-8-18-30/h3-28,35,37,43-44,46H,1-2H3. The van der Waals surface area contributed by atoms with Crippen molar-refractivity contribution < 1.29 is 0 Å². The number of hydrogen-bond donors (Lipinski definition) is 1.